The predicted octanol–water partition coefficient (Wildman–Crippen LogP) is -0.634. The number of nitrogens with one attached hydrogen (secondary N) is 4. The maximum absolute atomic E-state index is 12.5. The molecule has 0 spiro atoms. The molecular formula is C21H37N5O9. The highest BCUT2D eigenvalue weighted by Gasteiger charge is 2.26. The van der Waals surface area contributed by atoms with Gasteiger partial charge in [-0.2, -0.15) is 0 Å². The van der Waals surface area contributed by atoms with Crippen LogP contribution in [0.2, 0.25) is 1.41 Å². The smallest absolute Gasteiger partial charge is 0.328 e. The number of hydrogen-bond acceptors (Lipinski definition) is 7. The summed E-state index contributed by atoms with van der Waals surface area (Å²) in [6.07, 6.45) is 3.14. The van der Waals surface area contributed by atoms with Crippen LogP contribution in [0.1, 0.15) is 65.2 Å². The molecule has 0 fully saturated rings. The lowest BCUT2D eigenvalue weighted by Crippen LogP contribution is -2.55. The number of amides is 4. The van der Waals surface area contributed by atoms with Gasteiger partial charge in [-0.15, -0.1) is 0 Å². The number of carboxylic acid groups (broad SMARTS) is 3. The van der Waals surface area contributed by atoms with E-state index in [0.29, 0.717) is 6.42 Å². The summed E-state index contributed by atoms with van der Waals surface area (Å²) in [4.78, 5) is 70.4. The summed E-state index contributed by atoms with van der Waals surface area (Å²) in [5, 5.41) is 34.0. The fraction of sp³-hybridized carbons (Fsp3) is 0.714. The Hall–Kier alpha value is -3.42. The van der Waals surface area contributed by atoms with Crippen LogP contribution < -0.4 is 27.0 Å². The van der Waals surface area contributed by atoms with Crippen molar-refractivity contribution in [2.75, 3.05) is 6.54 Å². The quantitative estimate of drug-likeness (QED) is 0.110. The van der Waals surface area contributed by atoms with E-state index >= 15 is 0 Å². The molecule has 200 valence electrons. The highest BCUT2D eigenvalue weighted by Crippen LogP contribution is 2.05. The van der Waals surface area contributed by atoms with Gasteiger partial charge in [0.05, 0.1) is 6.54 Å². The summed E-state index contributed by atoms with van der Waals surface area (Å²) >= 11 is 0. The summed E-state index contributed by atoms with van der Waals surface area (Å²) in [5.74, 6) is -5.53. The zero-order valence-electron chi connectivity index (χ0n) is 21.0. The minimum atomic E-state index is -1.52. The van der Waals surface area contributed by atoms with Crippen molar-refractivity contribution >= 4 is 35.8 Å². The van der Waals surface area contributed by atoms with Crippen LogP contribution in [-0.2, 0) is 24.0 Å². The molecule has 0 heterocycles. The average molecular weight is 505 g/mol. The van der Waals surface area contributed by atoms with Gasteiger partial charge in [0.15, 0.2) is 1.41 Å². The predicted molar refractivity (Wildman–Crippen MR) is 123 cm³/mol. The van der Waals surface area contributed by atoms with Crippen molar-refractivity contribution in [3.8, 4) is 0 Å². The fourth-order valence-corrected chi connectivity index (χ4v) is 2.84. The molecule has 0 aromatic rings. The zero-order valence-corrected chi connectivity index (χ0v) is 20.0. The number of hydrogen-bond donors (Lipinski definition) is 8. The Bertz CT molecular complexity index is 783. The number of urea groups is 1. The topological polar surface area (TPSA) is 237 Å². The van der Waals surface area contributed by atoms with Crippen molar-refractivity contribution in [3.63, 3.8) is 0 Å². The highest BCUT2D eigenvalue weighted by molar-refractivity contribution is 5.90. The Balaban J connectivity index is 5.17. The monoisotopic (exact) mass is 504 g/mol. The number of carboxylic acids is 3. The standard InChI is InChI=1S/C21H37N5O9/c1-3-4-5-6-10-16(27)25-15(20(33)34)11-23-21(35)26-14(9-7-8-13(22)19(31)32)17(28)24-12(2)18(29)30/h12-15H,3-11,22H2,1-2H3,(H,24,28)(H,25,27)(H,29,30)(H,31,32)(H,33,34)(H2,23,26,35)/t12-,13?,14-,15?/m0/s1/i/hD. The Morgan fingerprint density at radius 1 is 0.857 bits per heavy atom. The van der Waals surface area contributed by atoms with Crippen molar-refractivity contribution in [3.05, 3.63) is 0 Å². The minimum Gasteiger partial charge on any atom is -0.480 e. The van der Waals surface area contributed by atoms with Crippen LogP contribution >= 0.6 is 0 Å². The molecule has 0 aromatic carbocycles. The molecule has 0 aliphatic heterocycles. The van der Waals surface area contributed by atoms with Gasteiger partial charge in [-0.05, 0) is 32.6 Å². The normalized spacial score (nSPS) is 14.4. The van der Waals surface area contributed by atoms with Crippen molar-refractivity contribution < 1.29 is 45.5 Å². The SMILES string of the molecule is [2H]N(C(=O)NCC(NC(=O)CCCCCC)C(=O)O)[C@@H](CCCC(N)C(=O)O)C(=O)N[C@@H](C)C(=O)O. The maximum atomic E-state index is 12.5. The molecule has 0 radical (unpaired) electrons. The fourth-order valence-electron chi connectivity index (χ4n) is 2.84. The number of rotatable bonds is 18. The Kier molecular flexibility index (Phi) is 14.5. The van der Waals surface area contributed by atoms with Crippen LogP contribution in [0.5, 0.6) is 0 Å². The molecule has 0 saturated heterocycles. The molecule has 0 aliphatic carbocycles. The van der Waals surface area contributed by atoms with Gasteiger partial charge in [-0.1, -0.05) is 26.2 Å². The Morgan fingerprint density at radius 2 is 1.51 bits per heavy atom. The first kappa shape index (κ1) is 29.6. The van der Waals surface area contributed by atoms with Crippen LogP contribution in [-0.4, -0.2) is 81.8 Å². The van der Waals surface area contributed by atoms with E-state index in [1.165, 1.54) is 6.92 Å². The first-order chi connectivity index (χ1) is 16.8. The summed E-state index contributed by atoms with van der Waals surface area (Å²) in [6.45, 7) is 2.60. The first-order valence-corrected chi connectivity index (χ1v) is 11.4. The summed E-state index contributed by atoms with van der Waals surface area (Å²) in [6, 6.07) is -6.74. The van der Waals surface area contributed by atoms with Crippen LogP contribution in [0.3, 0.4) is 0 Å². The van der Waals surface area contributed by atoms with Crippen molar-refractivity contribution in [1.29, 1.82) is 0 Å². The van der Waals surface area contributed by atoms with Gasteiger partial charge in [-0.3, -0.25) is 19.2 Å². The van der Waals surface area contributed by atoms with Gasteiger partial charge in [0.2, 0.25) is 11.8 Å². The van der Waals surface area contributed by atoms with Crippen LogP contribution in [0.15, 0.2) is 0 Å². The summed E-state index contributed by atoms with van der Waals surface area (Å²) < 4.78 is 8.04. The second kappa shape index (κ2) is 17.1. The Labute approximate surface area is 204 Å². The third kappa shape index (κ3) is 14.4. The van der Waals surface area contributed by atoms with Crippen LogP contribution in [0.25, 0.3) is 0 Å². The number of carbonyl (C=O) groups is 6. The summed E-state index contributed by atoms with van der Waals surface area (Å²) in [7, 11) is 0. The van der Waals surface area contributed by atoms with Gasteiger partial charge in [0, 0.05) is 6.42 Å². The number of nitrogens with two attached hydrogens (primary N) is 1. The van der Waals surface area contributed by atoms with Crippen molar-refractivity contribution in [1.82, 2.24) is 21.3 Å². The molecule has 14 nitrogen and oxygen atoms in total. The third-order valence-corrected chi connectivity index (χ3v) is 4.96. The van der Waals surface area contributed by atoms with Gasteiger partial charge >= 0.3 is 23.9 Å². The highest BCUT2D eigenvalue weighted by atomic mass is 16.4. The molecule has 9 N–H and O–H groups in total. The molecule has 0 aliphatic rings. The van der Waals surface area contributed by atoms with Gasteiger partial charge in [-0.25, -0.2) is 9.59 Å². The largest absolute Gasteiger partial charge is 0.480 e. The molecule has 4 atom stereocenters. The number of unbranched alkanes of at least 4 members (excludes halogenated alkanes) is 3. The molecule has 0 aromatic heterocycles. The van der Waals surface area contributed by atoms with Crippen molar-refractivity contribution in [2.45, 2.75) is 89.4 Å². The van der Waals surface area contributed by atoms with E-state index in [2.05, 4.69) is 16.0 Å². The molecule has 2 unspecified atom stereocenters. The van der Waals surface area contributed by atoms with E-state index in [0.717, 1.165) is 19.3 Å². The molecule has 0 rings (SSSR count). The van der Waals surface area contributed by atoms with E-state index in [1.807, 2.05) is 6.92 Å². The zero-order chi connectivity index (χ0) is 27.8. The van der Waals surface area contributed by atoms with Crippen LogP contribution in [0.4, 0.5) is 4.79 Å². The number of aliphatic carboxylic acids is 3. The average Bonchev–Trinajstić information content (AvgIpc) is 2.80. The second-order valence-electron chi connectivity index (χ2n) is 8.04. The van der Waals surface area contributed by atoms with E-state index in [1.54, 1.807) is 0 Å². The lowest BCUT2D eigenvalue weighted by Gasteiger charge is -2.21. The van der Waals surface area contributed by atoms with Gasteiger partial charge in [0.1, 0.15) is 24.2 Å². The van der Waals surface area contributed by atoms with Crippen LogP contribution in [0, 0.1) is 0 Å². The van der Waals surface area contributed by atoms with Gasteiger partial charge in [0.25, 0.3) is 0 Å². The summed E-state index contributed by atoms with van der Waals surface area (Å²) in [5.41, 5.74) is 5.42. The molecule has 4 amide bonds. The van der Waals surface area contributed by atoms with E-state index in [4.69, 9.17) is 17.4 Å². The molecule has 14 heteroatoms. The van der Waals surface area contributed by atoms with Crippen molar-refractivity contribution in [2.24, 2.45) is 5.73 Å². The molecule has 0 bridgehead atoms. The van der Waals surface area contributed by atoms with E-state index < -0.39 is 66.5 Å². The first-order valence-electron chi connectivity index (χ1n) is 11.9. The van der Waals surface area contributed by atoms with Gasteiger partial charge < -0.3 is 42.3 Å². The van der Waals surface area contributed by atoms with E-state index in [9.17, 15) is 33.9 Å². The Morgan fingerprint density at radius 3 is 2.06 bits per heavy atom. The minimum absolute atomic E-state index is 0.0154. The molecular weight excluding hydrogens is 466 g/mol. The lowest BCUT2D eigenvalue weighted by atomic mass is 10.0. The second-order valence-corrected chi connectivity index (χ2v) is 8.04. The number of carbonyl (C=O) groups excluding carboxylic acids is 3. The third-order valence-electron chi connectivity index (χ3n) is 4.96. The van der Waals surface area contributed by atoms with E-state index in [-0.39, 0.29) is 31.0 Å². The lowest BCUT2D eigenvalue weighted by molar-refractivity contribution is -0.141. The maximum Gasteiger partial charge on any atom is 0.328 e. The molecule has 35 heavy (non-hydrogen) atoms. The molecule has 0 saturated carbocycles.